The van der Waals surface area contributed by atoms with E-state index in [9.17, 15) is 18.0 Å². The Kier molecular flexibility index (Phi) is 10.9. The number of aryl methyl sites for hydroxylation is 1. The van der Waals surface area contributed by atoms with E-state index in [1.165, 1.54) is 17.0 Å². The van der Waals surface area contributed by atoms with Gasteiger partial charge in [-0.2, -0.15) is 0 Å². The number of nitrogens with one attached hydrogen (secondary N) is 1. The molecule has 42 heavy (non-hydrogen) atoms. The fourth-order valence-electron chi connectivity index (χ4n) is 5.26. The number of hydrogen-bond donors (Lipinski definition) is 1. The summed E-state index contributed by atoms with van der Waals surface area (Å²) in [6.45, 7) is 3.31. The normalized spacial score (nSPS) is 14.7. The quantitative estimate of drug-likeness (QED) is 0.254. The van der Waals surface area contributed by atoms with Crippen LogP contribution in [0.5, 0.6) is 0 Å². The minimum absolute atomic E-state index is 0.0550. The van der Waals surface area contributed by atoms with Crippen LogP contribution in [0.4, 0.5) is 5.69 Å². The molecule has 1 atom stereocenters. The minimum atomic E-state index is -4.11. The first-order valence-corrected chi connectivity index (χ1v) is 16.5. The standard InChI is InChI=1S/C32H37Cl2N3O4S/c1-3-30(32(39)35-25-10-6-4-7-11-25)36(21-24-16-19-28(33)29(34)20-24)31(38)22-37(26-17-14-23(2)15-18-26)42(40,41)27-12-8-5-9-13-27/h5,8-9,12-20,25,30H,3-4,6-7,10-11,21-22H2,1-2H3,(H,35,39). The molecule has 0 heterocycles. The van der Waals surface area contributed by atoms with Gasteiger partial charge in [0.25, 0.3) is 10.0 Å². The third kappa shape index (κ3) is 7.85. The van der Waals surface area contributed by atoms with E-state index in [1.54, 1.807) is 60.7 Å². The van der Waals surface area contributed by atoms with Gasteiger partial charge < -0.3 is 10.2 Å². The van der Waals surface area contributed by atoms with Gasteiger partial charge in [0.15, 0.2) is 0 Å². The predicted octanol–water partition coefficient (Wildman–Crippen LogP) is 6.75. The Morgan fingerprint density at radius 3 is 2.21 bits per heavy atom. The van der Waals surface area contributed by atoms with Crippen LogP contribution in [0, 0.1) is 6.92 Å². The highest BCUT2D eigenvalue weighted by Gasteiger charge is 2.34. The van der Waals surface area contributed by atoms with E-state index >= 15 is 0 Å². The lowest BCUT2D eigenvalue weighted by Crippen LogP contribution is -2.54. The lowest BCUT2D eigenvalue weighted by molar-refractivity contribution is -0.140. The van der Waals surface area contributed by atoms with E-state index in [4.69, 9.17) is 23.2 Å². The predicted molar refractivity (Wildman–Crippen MR) is 168 cm³/mol. The molecular formula is C32H37Cl2N3O4S. The number of benzene rings is 3. The van der Waals surface area contributed by atoms with Crippen molar-refractivity contribution in [1.82, 2.24) is 10.2 Å². The summed E-state index contributed by atoms with van der Waals surface area (Å²) in [6.07, 6.45) is 5.41. The van der Waals surface area contributed by atoms with Gasteiger partial charge in [0.2, 0.25) is 11.8 Å². The average molecular weight is 631 g/mol. The summed E-state index contributed by atoms with van der Waals surface area (Å²) in [6, 6.07) is 19.3. The van der Waals surface area contributed by atoms with E-state index in [2.05, 4.69) is 5.32 Å². The molecule has 3 aromatic carbocycles. The monoisotopic (exact) mass is 629 g/mol. The summed E-state index contributed by atoms with van der Waals surface area (Å²) in [5.74, 6) is -0.752. The van der Waals surface area contributed by atoms with Crippen molar-refractivity contribution in [3.05, 3.63) is 94.0 Å². The van der Waals surface area contributed by atoms with Gasteiger partial charge in [-0.15, -0.1) is 0 Å². The van der Waals surface area contributed by atoms with Crippen LogP contribution >= 0.6 is 23.2 Å². The highest BCUT2D eigenvalue weighted by atomic mass is 35.5. The van der Waals surface area contributed by atoms with E-state index in [0.717, 1.165) is 42.0 Å². The Labute approximate surface area is 258 Å². The number of carbonyl (C=O) groups is 2. The molecule has 1 fully saturated rings. The van der Waals surface area contributed by atoms with E-state index < -0.39 is 28.5 Å². The molecule has 1 saturated carbocycles. The van der Waals surface area contributed by atoms with Crippen molar-refractivity contribution in [1.29, 1.82) is 0 Å². The molecule has 1 aliphatic rings. The van der Waals surface area contributed by atoms with Crippen LogP contribution in [0.1, 0.15) is 56.6 Å². The summed E-state index contributed by atoms with van der Waals surface area (Å²) in [4.78, 5) is 29.4. The molecule has 0 radical (unpaired) electrons. The van der Waals surface area contributed by atoms with Gasteiger partial charge in [-0.25, -0.2) is 8.42 Å². The molecule has 0 aromatic heterocycles. The highest BCUT2D eigenvalue weighted by molar-refractivity contribution is 7.92. The molecule has 0 bridgehead atoms. The number of amides is 2. The Morgan fingerprint density at radius 2 is 1.60 bits per heavy atom. The molecule has 1 unspecified atom stereocenters. The topological polar surface area (TPSA) is 86.8 Å². The summed E-state index contributed by atoms with van der Waals surface area (Å²) in [5, 5.41) is 3.85. The first kappa shape index (κ1) is 31.9. The number of anilines is 1. The number of sulfonamides is 1. The van der Waals surface area contributed by atoms with Crippen molar-refractivity contribution in [2.24, 2.45) is 0 Å². The molecule has 10 heteroatoms. The minimum Gasteiger partial charge on any atom is -0.352 e. The lowest BCUT2D eigenvalue weighted by atomic mass is 9.95. The molecule has 7 nitrogen and oxygen atoms in total. The van der Waals surface area contributed by atoms with Crippen LogP contribution in [-0.4, -0.2) is 43.8 Å². The zero-order valence-corrected chi connectivity index (χ0v) is 26.3. The molecule has 3 aromatic rings. The zero-order chi connectivity index (χ0) is 30.3. The van der Waals surface area contributed by atoms with E-state index in [1.807, 2.05) is 13.8 Å². The second-order valence-electron chi connectivity index (χ2n) is 10.7. The maximum absolute atomic E-state index is 14.2. The Bertz CT molecular complexity index is 1480. The van der Waals surface area contributed by atoms with E-state index in [-0.39, 0.29) is 23.4 Å². The largest absolute Gasteiger partial charge is 0.352 e. The van der Waals surface area contributed by atoms with Crippen LogP contribution in [0.2, 0.25) is 10.0 Å². The third-order valence-corrected chi connectivity index (χ3v) is 10.1. The number of halogens is 2. The maximum Gasteiger partial charge on any atom is 0.264 e. The molecule has 0 spiro atoms. The first-order valence-electron chi connectivity index (χ1n) is 14.3. The lowest BCUT2D eigenvalue weighted by Gasteiger charge is -2.34. The summed E-state index contributed by atoms with van der Waals surface area (Å²) in [7, 11) is -4.11. The van der Waals surface area contributed by atoms with Crippen LogP contribution in [0.25, 0.3) is 0 Å². The number of carbonyl (C=O) groups excluding carboxylic acids is 2. The molecule has 1 aliphatic carbocycles. The molecule has 4 rings (SSSR count). The van der Waals surface area contributed by atoms with Crippen LogP contribution < -0.4 is 9.62 Å². The van der Waals surface area contributed by atoms with Crippen molar-refractivity contribution in [2.75, 3.05) is 10.8 Å². The molecule has 224 valence electrons. The Balaban J connectivity index is 1.70. The van der Waals surface area contributed by atoms with Gasteiger partial charge in [0.1, 0.15) is 12.6 Å². The number of nitrogens with zero attached hydrogens (tertiary/aromatic N) is 2. The van der Waals surface area contributed by atoms with Crippen LogP contribution in [0.3, 0.4) is 0 Å². The summed E-state index contributed by atoms with van der Waals surface area (Å²) < 4.78 is 28.9. The van der Waals surface area contributed by atoms with Crippen molar-refractivity contribution < 1.29 is 18.0 Å². The van der Waals surface area contributed by atoms with Gasteiger partial charge in [0, 0.05) is 12.6 Å². The molecule has 1 N–H and O–H groups in total. The Hall–Kier alpha value is -3.07. The fourth-order valence-corrected chi connectivity index (χ4v) is 7.01. The molecule has 2 amide bonds. The highest BCUT2D eigenvalue weighted by Crippen LogP contribution is 2.27. The van der Waals surface area contributed by atoms with Crippen LogP contribution in [0.15, 0.2) is 77.7 Å². The summed E-state index contributed by atoms with van der Waals surface area (Å²) in [5.41, 5.74) is 1.98. The molecule has 0 saturated heterocycles. The fraction of sp³-hybridized carbons (Fsp3) is 0.375. The van der Waals surface area contributed by atoms with Gasteiger partial charge in [0.05, 0.1) is 20.6 Å². The van der Waals surface area contributed by atoms with E-state index in [0.29, 0.717) is 27.7 Å². The SMILES string of the molecule is CCC(C(=O)NC1CCCCC1)N(Cc1ccc(Cl)c(Cl)c1)C(=O)CN(c1ccc(C)cc1)S(=O)(=O)c1ccccc1. The average Bonchev–Trinajstić information content (AvgIpc) is 2.99. The maximum atomic E-state index is 14.2. The van der Waals surface area contributed by atoms with Crippen molar-refractivity contribution >= 4 is 50.7 Å². The number of rotatable bonds is 11. The molecular weight excluding hydrogens is 593 g/mol. The van der Waals surface area contributed by atoms with Gasteiger partial charge in [-0.1, -0.05) is 91.3 Å². The smallest absolute Gasteiger partial charge is 0.264 e. The number of hydrogen-bond acceptors (Lipinski definition) is 4. The second-order valence-corrected chi connectivity index (χ2v) is 13.4. The first-order chi connectivity index (χ1) is 20.1. The summed E-state index contributed by atoms with van der Waals surface area (Å²) >= 11 is 12.4. The Morgan fingerprint density at radius 1 is 0.929 bits per heavy atom. The second kappa shape index (κ2) is 14.4. The van der Waals surface area contributed by atoms with Gasteiger partial charge in [-0.3, -0.25) is 13.9 Å². The van der Waals surface area contributed by atoms with Crippen LogP contribution in [-0.2, 0) is 26.2 Å². The van der Waals surface area contributed by atoms with Crippen molar-refractivity contribution in [3.8, 4) is 0 Å². The molecule has 0 aliphatic heterocycles. The third-order valence-electron chi connectivity index (χ3n) is 7.61. The van der Waals surface area contributed by atoms with Gasteiger partial charge >= 0.3 is 0 Å². The van der Waals surface area contributed by atoms with Crippen molar-refractivity contribution in [2.45, 2.75) is 75.9 Å². The van der Waals surface area contributed by atoms with Crippen molar-refractivity contribution in [3.63, 3.8) is 0 Å². The van der Waals surface area contributed by atoms with Gasteiger partial charge in [-0.05, 0) is 68.1 Å². The zero-order valence-electron chi connectivity index (χ0n) is 23.9.